The number of rotatable bonds is 11. The van der Waals surface area contributed by atoms with Crippen LogP contribution < -0.4 is 5.32 Å². The molecule has 1 aliphatic carbocycles. The van der Waals surface area contributed by atoms with Crippen LogP contribution in [0.2, 0.25) is 0 Å². The summed E-state index contributed by atoms with van der Waals surface area (Å²) < 4.78 is 24.3. The molecule has 1 aliphatic rings. The first-order valence-corrected chi connectivity index (χ1v) is 9.65. The van der Waals surface area contributed by atoms with E-state index in [1.807, 2.05) is 20.0 Å². The fraction of sp³-hybridized carbons (Fsp3) is 0.500. The van der Waals surface area contributed by atoms with Crippen molar-refractivity contribution in [3.8, 4) is 0 Å². The van der Waals surface area contributed by atoms with Gasteiger partial charge < -0.3 is 14.8 Å². The van der Waals surface area contributed by atoms with Crippen molar-refractivity contribution in [2.45, 2.75) is 39.5 Å². The summed E-state index contributed by atoms with van der Waals surface area (Å²) in [5, 5.41) is 3.37. The molecule has 0 spiro atoms. The van der Waals surface area contributed by atoms with E-state index in [1.54, 1.807) is 0 Å². The molecule has 0 aromatic carbocycles. The molecule has 1 aromatic heterocycles. The molecule has 2 rings (SSSR count). The lowest BCUT2D eigenvalue weighted by Gasteiger charge is -2.19. The molecule has 0 radical (unpaired) electrons. The maximum Gasteiger partial charge on any atom is 0.129 e. The Morgan fingerprint density at radius 3 is 2.81 bits per heavy atom. The second kappa shape index (κ2) is 10.9. The maximum absolute atomic E-state index is 13.1. The number of allylic oxidation sites excluding steroid dienone is 3. The zero-order chi connectivity index (χ0) is 19.6. The maximum atomic E-state index is 13.1. The van der Waals surface area contributed by atoms with E-state index in [4.69, 9.17) is 9.47 Å². The Morgan fingerprint density at radius 1 is 1.30 bits per heavy atom. The van der Waals surface area contributed by atoms with Crippen LogP contribution in [0.5, 0.6) is 0 Å². The highest BCUT2D eigenvalue weighted by Crippen LogP contribution is 2.25. The van der Waals surface area contributed by atoms with Crippen molar-refractivity contribution < 1.29 is 15.3 Å². The molecular weight excluding hydrogens is 343 g/mol. The molecule has 0 amide bonds. The monoisotopic (exact) mass is 376 g/mol. The van der Waals surface area contributed by atoms with Crippen LogP contribution in [0.25, 0.3) is 0 Å². The fourth-order valence-corrected chi connectivity index (χ4v) is 3.02. The largest absolute Gasteiger partial charge is 0.491 e. The average Bonchev–Trinajstić information content (AvgIpc) is 2.65. The van der Waals surface area contributed by atoms with Gasteiger partial charge in [0.1, 0.15) is 24.0 Å². The SMILES string of the molecule is C=C(F)/C=C(/OCCOCCNc1nccc2c1CCCC2)C(=C)C(C)C.[HH]. The first-order chi connectivity index (χ1) is 13.0. The van der Waals surface area contributed by atoms with Gasteiger partial charge in [-0.3, -0.25) is 0 Å². The number of nitrogens with zero attached hydrogens (tertiary/aromatic N) is 1. The van der Waals surface area contributed by atoms with Gasteiger partial charge in [-0.1, -0.05) is 27.0 Å². The zero-order valence-electron chi connectivity index (χ0n) is 16.5. The molecule has 0 fully saturated rings. The second-order valence-electron chi connectivity index (χ2n) is 7.03. The normalized spacial score (nSPS) is 14.0. The second-order valence-corrected chi connectivity index (χ2v) is 7.03. The van der Waals surface area contributed by atoms with E-state index in [0.717, 1.165) is 24.2 Å². The lowest BCUT2D eigenvalue weighted by molar-refractivity contribution is 0.0825. The third-order valence-electron chi connectivity index (χ3n) is 4.60. The van der Waals surface area contributed by atoms with Crippen LogP contribution in [0.3, 0.4) is 0 Å². The third-order valence-corrected chi connectivity index (χ3v) is 4.60. The Hall–Kier alpha value is -2.14. The molecule has 5 heteroatoms. The van der Waals surface area contributed by atoms with Crippen molar-refractivity contribution in [3.63, 3.8) is 0 Å². The Morgan fingerprint density at radius 2 is 2.07 bits per heavy atom. The van der Waals surface area contributed by atoms with Gasteiger partial charge in [-0.15, -0.1) is 0 Å². The van der Waals surface area contributed by atoms with E-state index in [9.17, 15) is 4.39 Å². The minimum Gasteiger partial charge on any atom is -0.491 e. The highest BCUT2D eigenvalue weighted by molar-refractivity contribution is 5.49. The van der Waals surface area contributed by atoms with Crippen molar-refractivity contribution in [2.75, 3.05) is 31.7 Å². The smallest absolute Gasteiger partial charge is 0.129 e. The number of pyridine rings is 1. The van der Waals surface area contributed by atoms with E-state index in [-0.39, 0.29) is 7.34 Å². The number of ether oxygens (including phenoxy) is 2. The molecule has 27 heavy (non-hydrogen) atoms. The summed E-state index contributed by atoms with van der Waals surface area (Å²) >= 11 is 0. The first kappa shape index (κ1) is 21.2. The minimum absolute atomic E-state index is 0. The van der Waals surface area contributed by atoms with Crippen molar-refractivity contribution in [3.05, 3.63) is 59.8 Å². The molecule has 1 aromatic rings. The zero-order valence-corrected chi connectivity index (χ0v) is 16.5. The summed E-state index contributed by atoms with van der Waals surface area (Å²) in [5.41, 5.74) is 3.50. The molecule has 150 valence electrons. The molecule has 0 bridgehead atoms. The van der Waals surface area contributed by atoms with Gasteiger partial charge in [0.15, 0.2) is 0 Å². The predicted octanol–water partition coefficient (Wildman–Crippen LogP) is 5.23. The van der Waals surface area contributed by atoms with Gasteiger partial charge in [-0.05, 0) is 54.4 Å². The van der Waals surface area contributed by atoms with E-state index < -0.39 is 5.83 Å². The number of aryl methyl sites for hydroxylation is 1. The molecule has 1 N–H and O–H groups in total. The van der Waals surface area contributed by atoms with E-state index in [1.165, 1.54) is 30.0 Å². The number of hydrogen-bond donors (Lipinski definition) is 1. The average molecular weight is 377 g/mol. The van der Waals surface area contributed by atoms with Gasteiger partial charge in [0.05, 0.1) is 13.2 Å². The molecular formula is C22H33FN2O2. The first-order valence-electron chi connectivity index (χ1n) is 9.65. The number of halogens is 1. The minimum atomic E-state index is -0.546. The van der Waals surface area contributed by atoms with Gasteiger partial charge >= 0.3 is 0 Å². The summed E-state index contributed by atoms with van der Waals surface area (Å²) in [4.78, 5) is 4.46. The van der Waals surface area contributed by atoms with Crippen LogP contribution in [-0.4, -0.2) is 31.3 Å². The van der Waals surface area contributed by atoms with Crippen LogP contribution >= 0.6 is 0 Å². The van der Waals surface area contributed by atoms with Gasteiger partial charge in [0.25, 0.3) is 0 Å². The molecule has 0 aliphatic heterocycles. The number of fused-ring (bicyclic) bond motifs is 1. The molecule has 1 heterocycles. The third kappa shape index (κ3) is 6.83. The summed E-state index contributed by atoms with van der Waals surface area (Å²) in [6.07, 6.45) is 7.86. The lowest BCUT2D eigenvalue weighted by atomic mass is 9.92. The molecule has 0 saturated carbocycles. The number of nitrogens with one attached hydrogen (secondary N) is 1. The molecule has 0 unspecified atom stereocenters. The van der Waals surface area contributed by atoms with Gasteiger partial charge in [-0.25, -0.2) is 9.37 Å². The van der Waals surface area contributed by atoms with Crippen molar-refractivity contribution in [1.82, 2.24) is 4.98 Å². The van der Waals surface area contributed by atoms with E-state index in [0.29, 0.717) is 32.1 Å². The van der Waals surface area contributed by atoms with Gasteiger partial charge in [-0.2, -0.15) is 0 Å². The van der Waals surface area contributed by atoms with E-state index >= 15 is 0 Å². The van der Waals surface area contributed by atoms with Gasteiger partial charge in [0.2, 0.25) is 0 Å². The summed E-state index contributed by atoms with van der Waals surface area (Å²) in [5.74, 6) is 1.03. The Bertz CT molecular complexity index is 689. The van der Waals surface area contributed by atoms with Gasteiger partial charge in [0, 0.05) is 20.2 Å². The topological polar surface area (TPSA) is 43.4 Å². The predicted molar refractivity (Wildman–Crippen MR) is 111 cm³/mol. The van der Waals surface area contributed by atoms with Crippen LogP contribution in [0.15, 0.2) is 48.7 Å². The number of aromatic nitrogens is 1. The van der Waals surface area contributed by atoms with Crippen molar-refractivity contribution in [2.24, 2.45) is 5.92 Å². The summed E-state index contributed by atoms with van der Waals surface area (Å²) in [6, 6.07) is 2.12. The van der Waals surface area contributed by atoms with E-state index in [2.05, 4.69) is 29.5 Å². The van der Waals surface area contributed by atoms with Crippen LogP contribution in [-0.2, 0) is 22.3 Å². The highest BCUT2D eigenvalue weighted by Gasteiger charge is 2.13. The quantitative estimate of drug-likeness (QED) is 0.326. The number of hydrogen-bond acceptors (Lipinski definition) is 4. The molecule has 0 saturated heterocycles. The summed E-state index contributed by atoms with van der Waals surface area (Å²) in [6.45, 7) is 13.2. The molecule has 0 atom stereocenters. The Labute approximate surface area is 163 Å². The van der Waals surface area contributed by atoms with Crippen LogP contribution in [0, 0.1) is 5.92 Å². The van der Waals surface area contributed by atoms with Crippen LogP contribution in [0.1, 0.15) is 39.2 Å². The van der Waals surface area contributed by atoms with Crippen molar-refractivity contribution in [1.29, 1.82) is 0 Å². The van der Waals surface area contributed by atoms with Crippen molar-refractivity contribution >= 4 is 5.82 Å². The standard InChI is InChI=1S/C22H31FN2O2.H2/c1-16(2)18(4)21(15-17(3)23)27-14-13-26-12-11-25-22-20-8-6-5-7-19(20)9-10-24-22;/h9-10,15-16H,3-8,11-14H2,1-2H3,(H,24,25);1H/b21-15+;. The fourth-order valence-electron chi connectivity index (χ4n) is 3.02. The summed E-state index contributed by atoms with van der Waals surface area (Å²) in [7, 11) is 0. The molecule has 4 nitrogen and oxygen atoms in total. The highest BCUT2D eigenvalue weighted by atomic mass is 19.1. The number of anilines is 1. The Balaban J connectivity index is 0.00000392. The Kier molecular flexibility index (Phi) is 8.52. The lowest BCUT2D eigenvalue weighted by Crippen LogP contribution is -2.16. The van der Waals surface area contributed by atoms with Crippen LogP contribution in [0.4, 0.5) is 10.2 Å².